The van der Waals surface area contributed by atoms with Crippen molar-refractivity contribution >= 4 is 28.5 Å². The monoisotopic (exact) mass is 278 g/mol. The molecule has 2 aromatic rings. The first-order valence-electron chi connectivity index (χ1n) is 5.59. The zero-order valence-corrected chi connectivity index (χ0v) is 11.7. The maximum atomic E-state index is 5.66. The van der Waals surface area contributed by atoms with E-state index in [-0.39, 0.29) is 0 Å². The lowest BCUT2D eigenvalue weighted by molar-refractivity contribution is 0.321. The van der Waals surface area contributed by atoms with Gasteiger partial charge in [0.05, 0.1) is 16.5 Å². The minimum atomic E-state index is 0.401. The molecule has 0 saturated heterocycles. The molecule has 94 valence electrons. The molecule has 0 saturated carbocycles. The van der Waals surface area contributed by atoms with E-state index in [1.54, 1.807) is 6.20 Å². The van der Waals surface area contributed by atoms with Crippen LogP contribution in [0.2, 0.25) is 0 Å². The molecule has 0 aliphatic heterocycles. The minimum absolute atomic E-state index is 0.401. The van der Waals surface area contributed by atoms with E-state index in [9.17, 15) is 0 Å². The lowest BCUT2D eigenvalue weighted by Gasteiger charge is -2.05. The van der Waals surface area contributed by atoms with Gasteiger partial charge in [-0.05, 0) is 24.6 Å². The molecule has 0 unspecified atom stereocenters. The van der Waals surface area contributed by atoms with Gasteiger partial charge in [-0.25, -0.2) is 4.98 Å². The van der Waals surface area contributed by atoms with Gasteiger partial charge in [-0.2, -0.15) is 0 Å². The zero-order valence-electron chi connectivity index (χ0n) is 10.1. The molecule has 0 aliphatic rings. The molecule has 1 heterocycles. The Balaban J connectivity index is 1.86. The first kappa shape index (κ1) is 13.0. The predicted molar refractivity (Wildman–Crippen MR) is 78.4 cm³/mol. The molecular formula is C13H14N2OS2. The van der Waals surface area contributed by atoms with Crippen LogP contribution in [0.4, 0.5) is 0 Å². The van der Waals surface area contributed by atoms with Crippen molar-refractivity contribution in [1.29, 1.82) is 0 Å². The van der Waals surface area contributed by atoms with Crippen molar-refractivity contribution in [3.05, 3.63) is 45.9 Å². The molecule has 5 heteroatoms. The number of hydrogen-bond donors (Lipinski definition) is 1. The van der Waals surface area contributed by atoms with Crippen molar-refractivity contribution < 1.29 is 4.74 Å². The van der Waals surface area contributed by atoms with Crippen molar-refractivity contribution in [2.75, 3.05) is 6.61 Å². The van der Waals surface area contributed by atoms with E-state index in [4.69, 9.17) is 22.7 Å². The Kier molecular flexibility index (Phi) is 4.28. The fourth-order valence-corrected chi connectivity index (χ4v) is 2.43. The van der Waals surface area contributed by atoms with Crippen LogP contribution in [0, 0.1) is 6.92 Å². The zero-order chi connectivity index (χ0) is 13.0. The van der Waals surface area contributed by atoms with Crippen molar-refractivity contribution in [3.8, 4) is 5.75 Å². The van der Waals surface area contributed by atoms with Crippen LogP contribution in [0.1, 0.15) is 15.4 Å². The summed E-state index contributed by atoms with van der Waals surface area (Å²) < 4.78 is 5.66. The number of aryl methyl sites for hydroxylation is 1. The molecule has 1 aromatic heterocycles. The predicted octanol–water partition coefficient (Wildman–Crippen LogP) is 2.71. The average molecular weight is 278 g/mol. The summed E-state index contributed by atoms with van der Waals surface area (Å²) in [6, 6.07) is 8.00. The molecular weight excluding hydrogens is 264 g/mol. The number of hydrogen-bond acceptors (Lipinski definition) is 4. The summed E-state index contributed by atoms with van der Waals surface area (Å²) in [6.45, 7) is 2.65. The smallest absolute Gasteiger partial charge is 0.119 e. The second-order valence-corrected chi connectivity index (χ2v) is 5.45. The summed E-state index contributed by atoms with van der Waals surface area (Å²) in [4.78, 5) is 5.52. The summed E-state index contributed by atoms with van der Waals surface area (Å²) >= 11 is 6.42. The van der Waals surface area contributed by atoms with E-state index in [0.29, 0.717) is 11.6 Å². The quantitative estimate of drug-likeness (QED) is 0.854. The van der Waals surface area contributed by atoms with Gasteiger partial charge in [0.2, 0.25) is 0 Å². The van der Waals surface area contributed by atoms with Gasteiger partial charge in [-0.15, -0.1) is 11.3 Å². The fraction of sp³-hybridized carbons (Fsp3) is 0.231. The molecule has 18 heavy (non-hydrogen) atoms. The van der Waals surface area contributed by atoms with Gasteiger partial charge < -0.3 is 10.5 Å². The molecule has 0 radical (unpaired) electrons. The maximum Gasteiger partial charge on any atom is 0.119 e. The number of thiocarbonyl (C=S) groups is 1. The number of benzene rings is 1. The molecule has 0 fully saturated rings. The van der Waals surface area contributed by atoms with Crippen LogP contribution in [0.15, 0.2) is 30.5 Å². The summed E-state index contributed by atoms with van der Waals surface area (Å²) in [6.07, 6.45) is 2.48. The minimum Gasteiger partial charge on any atom is -0.493 e. The largest absolute Gasteiger partial charge is 0.493 e. The number of nitrogens with two attached hydrogens (primary N) is 1. The third kappa shape index (κ3) is 3.51. The van der Waals surface area contributed by atoms with Crippen molar-refractivity contribution in [2.45, 2.75) is 13.3 Å². The summed E-state index contributed by atoms with van der Waals surface area (Å²) in [5.41, 5.74) is 6.73. The molecule has 0 spiro atoms. The first-order valence-corrected chi connectivity index (χ1v) is 6.81. The molecule has 1 aromatic carbocycles. The Morgan fingerprint density at radius 3 is 3.00 bits per heavy atom. The second kappa shape index (κ2) is 5.93. The molecule has 2 N–H and O–H groups in total. The number of rotatable bonds is 5. The SMILES string of the molecule is Cc1cccc(OCCc2ncc(C(N)=S)s2)c1. The fourth-order valence-electron chi connectivity index (χ4n) is 1.50. The van der Waals surface area contributed by atoms with Crippen molar-refractivity contribution in [3.63, 3.8) is 0 Å². The lowest BCUT2D eigenvalue weighted by atomic mass is 10.2. The Labute approximate surface area is 116 Å². The number of nitrogens with zero attached hydrogens (tertiary/aromatic N) is 1. The molecule has 0 aliphatic carbocycles. The van der Waals surface area contributed by atoms with Crippen LogP contribution in [0.3, 0.4) is 0 Å². The van der Waals surface area contributed by atoms with E-state index in [0.717, 1.165) is 22.1 Å². The van der Waals surface area contributed by atoms with Crippen LogP contribution in [-0.4, -0.2) is 16.6 Å². The topological polar surface area (TPSA) is 48.1 Å². The summed E-state index contributed by atoms with van der Waals surface area (Å²) in [5, 5.41) is 0.991. The van der Waals surface area contributed by atoms with Gasteiger partial charge in [-0.1, -0.05) is 24.4 Å². The molecule has 0 amide bonds. The maximum absolute atomic E-state index is 5.66. The molecule has 3 nitrogen and oxygen atoms in total. The molecule has 0 atom stereocenters. The first-order chi connectivity index (χ1) is 8.65. The second-order valence-electron chi connectivity index (χ2n) is 3.90. The molecule has 2 rings (SSSR count). The van der Waals surface area contributed by atoms with Crippen molar-refractivity contribution in [2.24, 2.45) is 5.73 Å². The van der Waals surface area contributed by atoms with E-state index < -0.39 is 0 Å². The standard InChI is InChI=1S/C13H14N2OS2/c1-9-3-2-4-10(7-9)16-6-5-12-15-8-11(18-12)13(14)17/h2-4,7-8H,5-6H2,1H3,(H2,14,17). The van der Waals surface area contributed by atoms with E-state index in [1.807, 2.05) is 31.2 Å². The average Bonchev–Trinajstić information content (AvgIpc) is 2.78. The van der Waals surface area contributed by atoms with Gasteiger partial charge in [0.25, 0.3) is 0 Å². The van der Waals surface area contributed by atoms with Gasteiger partial charge in [0.15, 0.2) is 0 Å². The van der Waals surface area contributed by atoms with E-state index in [1.165, 1.54) is 16.9 Å². The van der Waals surface area contributed by atoms with Crippen LogP contribution in [-0.2, 0) is 6.42 Å². The Bertz CT molecular complexity index is 551. The van der Waals surface area contributed by atoms with Gasteiger partial charge >= 0.3 is 0 Å². The lowest BCUT2D eigenvalue weighted by Crippen LogP contribution is -2.06. The normalized spacial score (nSPS) is 10.3. The van der Waals surface area contributed by atoms with Gasteiger partial charge in [-0.3, -0.25) is 0 Å². The van der Waals surface area contributed by atoms with Gasteiger partial charge in [0.1, 0.15) is 10.7 Å². The highest BCUT2D eigenvalue weighted by molar-refractivity contribution is 7.81. The highest BCUT2D eigenvalue weighted by atomic mass is 32.1. The molecule has 0 bridgehead atoms. The number of ether oxygens (including phenoxy) is 1. The van der Waals surface area contributed by atoms with Crippen LogP contribution in [0.5, 0.6) is 5.75 Å². The Morgan fingerprint density at radius 2 is 2.33 bits per heavy atom. The van der Waals surface area contributed by atoms with Crippen LogP contribution in [0.25, 0.3) is 0 Å². The van der Waals surface area contributed by atoms with E-state index >= 15 is 0 Å². The third-order valence-electron chi connectivity index (χ3n) is 2.37. The van der Waals surface area contributed by atoms with Crippen LogP contribution >= 0.6 is 23.6 Å². The van der Waals surface area contributed by atoms with Gasteiger partial charge in [0, 0.05) is 12.6 Å². The number of thiazole rings is 1. The third-order valence-corrected chi connectivity index (χ3v) is 3.81. The highest BCUT2D eigenvalue weighted by Crippen LogP contribution is 2.15. The highest BCUT2D eigenvalue weighted by Gasteiger charge is 2.04. The Hall–Kier alpha value is -1.46. The van der Waals surface area contributed by atoms with E-state index in [2.05, 4.69) is 4.98 Å². The van der Waals surface area contributed by atoms with Crippen molar-refractivity contribution in [1.82, 2.24) is 4.98 Å². The summed E-state index contributed by atoms with van der Waals surface area (Å²) in [7, 11) is 0. The Morgan fingerprint density at radius 1 is 1.50 bits per heavy atom. The van der Waals surface area contributed by atoms with Crippen LogP contribution < -0.4 is 10.5 Å². The summed E-state index contributed by atoms with van der Waals surface area (Å²) in [5.74, 6) is 0.890. The number of aromatic nitrogens is 1.